The highest BCUT2D eigenvalue weighted by Gasteiger charge is 2.18. The van der Waals surface area contributed by atoms with E-state index in [2.05, 4.69) is 15.5 Å². The molecule has 0 aromatic heterocycles. The molecule has 0 radical (unpaired) electrons. The summed E-state index contributed by atoms with van der Waals surface area (Å²) in [4.78, 5) is 27.7. The molecular weight excluding hydrogens is 292 g/mol. The quantitative estimate of drug-likeness (QED) is 0.824. The maximum Gasteiger partial charge on any atom is 0.317 e. The summed E-state index contributed by atoms with van der Waals surface area (Å²) in [5, 5.41) is 5.61. The summed E-state index contributed by atoms with van der Waals surface area (Å²) in [7, 11) is 0. The van der Waals surface area contributed by atoms with Crippen molar-refractivity contribution in [3.05, 3.63) is 35.4 Å². The van der Waals surface area contributed by atoms with Gasteiger partial charge in [-0.1, -0.05) is 12.1 Å². The third-order valence-electron chi connectivity index (χ3n) is 4.43. The Morgan fingerprint density at radius 1 is 1.13 bits per heavy atom. The molecule has 3 amide bonds. The Labute approximate surface area is 136 Å². The number of amides is 3. The van der Waals surface area contributed by atoms with Crippen LogP contribution in [0.5, 0.6) is 0 Å². The summed E-state index contributed by atoms with van der Waals surface area (Å²) in [6, 6.07) is 7.76. The third-order valence-corrected chi connectivity index (χ3v) is 4.43. The normalized spacial score (nSPS) is 18.3. The number of nitrogens with zero attached hydrogens (tertiary/aromatic N) is 2. The van der Waals surface area contributed by atoms with Gasteiger partial charge < -0.3 is 15.5 Å². The molecule has 0 spiro atoms. The van der Waals surface area contributed by atoms with Gasteiger partial charge in [0.2, 0.25) is 0 Å². The topological polar surface area (TPSA) is 64.7 Å². The summed E-state index contributed by atoms with van der Waals surface area (Å²) in [5.41, 5.74) is 1.92. The number of carbonyl (C=O) groups is 2. The van der Waals surface area contributed by atoms with Gasteiger partial charge >= 0.3 is 6.03 Å². The molecule has 3 rings (SSSR count). The van der Waals surface area contributed by atoms with E-state index in [9.17, 15) is 9.59 Å². The highest BCUT2D eigenvalue weighted by molar-refractivity contribution is 5.94. The third kappa shape index (κ3) is 4.22. The second-order valence-corrected chi connectivity index (χ2v) is 6.16. The van der Waals surface area contributed by atoms with E-state index < -0.39 is 0 Å². The van der Waals surface area contributed by atoms with Crippen LogP contribution in [0.25, 0.3) is 0 Å². The van der Waals surface area contributed by atoms with E-state index in [0.717, 1.165) is 6.54 Å². The fourth-order valence-electron chi connectivity index (χ4n) is 3.09. The molecule has 2 aliphatic heterocycles. The van der Waals surface area contributed by atoms with E-state index in [0.29, 0.717) is 31.7 Å². The van der Waals surface area contributed by atoms with Gasteiger partial charge in [0.25, 0.3) is 5.91 Å². The van der Waals surface area contributed by atoms with E-state index >= 15 is 0 Å². The van der Waals surface area contributed by atoms with Crippen molar-refractivity contribution in [3.63, 3.8) is 0 Å². The summed E-state index contributed by atoms with van der Waals surface area (Å²) >= 11 is 0. The molecule has 0 bridgehead atoms. The monoisotopic (exact) mass is 316 g/mol. The van der Waals surface area contributed by atoms with E-state index in [1.807, 2.05) is 24.3 Å². The van der Waals surface area contributed by atoms with Crippen LogP contribution in [0, 0.1) is 0 Å². The van der Waals surface area contributed by atoms with Gasteiger partial charge in [-0.25, -0.2) is 4.79 Å². The van der Waals surface area contributed by atoms with Gasteiger partial charge in [0.1, 0.15) is 0 Å². The van der Waals surface area contributed by atoms with Gasteiger partial charge in [0.05, 0.1) is 0 Å². The molecule has 23 heavy (non-hydrogen) atoms. The SMILES string of the molecule is O=C(NCCN1CCNC1=O)c1ccc(CN2CCCC2)cc1. The number of carbonyl (C=O) groups excluding carboxylic acids is 2. The minimum atomic E-state index is -0.0858. The standard InChI is InChI=1S/C17H24N4O2/c22-16(18-7-11-21-12-8-19-17(21)23)15-5-3-14(4-6-15)13-20-9-1-2-10-20/h3-6H,1-2,7-13H2,(H,18,22)(H,19,23). The zero-order valence-corrected chi connectivity index (χ0v) is 13.4. The second kappa shape index (κ2) is 7.46. The molecule has 1 aromatic rings. The average molecular weight is 316 g/mol. The summed E-state index contributed by atoms with van der Waals surface area (Å²) in [5.74, 6) is -0.0858. The lowest BCUT2D eigenvalue weighted by Crippen LogP contribution is -2.36. The molecule has 2 fully saturated rings. The van der Waals surface area contributed by atoms with E-state index in [4.69, 9.17) is 0 Å². The van der Waals surface area contributed by atoms with Crippen LogP contribution in [-0.2, 0) is 6.54 Å². The number of urea groups is 1. The first kappa shape index (κ1) is 15.8. The van der Waals surface area contributed by atoms with Crippen LogP contribution in [0.2, 0.25) is 0 Å². The molecule has 2 saturated heterocycles. The van der Waals surface area contributed by atoms with Crippen LogP contribution in [0.15, 0.2) is 24.3 Å². The van der Waals surface area contributed by atoms with Crippen LogP contribution >= 0.6 is 0 Å². The number of hydrogen-bond donors (Lipinski definition) is 2. The van der Waals surface area contributed by atoms with Crippen LogP contribution < -0.4 is 10.6 Å². The molecule has 0 aliphatic carbocycles. The zero-order chi connectivity index (χ0) is 16.1. The van der Waals surface area contributed by atoms with Crippen molar-refractivity contribution in [2.45, 2.75) is 19.4 Å². The molecule has 124 valence electrons. The predicted octanol–water partition coefficient (Wildman–Crippen LogP) is 1.04. The largest absolute Gasteiger partial charge is 0.350 e. The van der Waals surface area contributed by atoms with Crippen molar-refractivity contribution < 1.29 is 9.59 Å². The van der Waals surface area contributed by atoms with Crippen molar-refractivity contribution in [2.24, 2.45) is 0 Å². The minimum Gasteiger partial charge on any atom is -0.350 e. The fourth-order valence-corrected chi connectivity index (χ4v) is 3.09. The van der Waals surface area contributed by atoms with Crippen molar-refractivity contribution in [3.8, 4) is 0 Å². The highest BCUT2D eigenvalue weighted by Crippen LogP contribution is 2.13. The number of hydrogen-bond acceptors (Lipinski definition) is 3. The number of likely N-dealkylation sites (tertiary alicyclic amines) is 1. The molecule has 2 heterocycles. The second-order valence-electron chi connectivity index (χ2n) is 6.16. The van der Waals surface area contributed by atoms with Gasteiger partial charge in [-0.05, 0) is 43.6 Å². The molecule has 2 N–H and O–H groups in total. The summed E-state index contributed by atoms with van der Waals surface area (Å²) in [6.45, 7) is 5.72. The molecule has 1 aromatic carbocycles. The Bertz CT molecular complexity index is 552. The van der Waals surface area contributed by atoms with Crippen LogP contribution in [-0.4, -0.2) is 61.0 Å². The van der Waals surface area contributed by atoms with Gasteiger partial charge in [-0.3, -0.25) is 9.69 Å². The lowest BCUT2D eigenvalue weighted by molar-refractivity contribution is 0.0950. The Hall–Kier alpha value is -2.08. The van der Waals surface area contributed by atoms with E-state index in [1.165, 1.54) is 31.5 Å². The lowest BCUT2D eigenvalue weighted by atomic mass is 10.1. The molecule has 6 nitrogen and oxygen atoms in total. The fraction of sp³-hybridized carbons (Fsp3) is 0.529. The number of benzene rings is 1. The van der Waals surface area contributed by atoms with Crippen molar-refractivity contribution >= 4 is 11.9 Å². The summed E-state index contributed by atoms with van der Waals surface area (Å²) < 4.78 is 0. The minimum absolute atomic E-state index is 0.0504. The van der Waals surface area contributed by atoms with Crippen molar-refractivity contribution in [2.75, 3.05) is 39.3 Å². The molecular formula is C17H24N4O2. The van der Waals surface area contributed by atoms with Gasteiger partial charge in [-0.2, -0.15) is 0 Å². The Kier molecular flexibility index (Phi) is 5.12. The summed E-state index contributed by atoms with van der Waals surface area (Å²) in [6.07, 6.45) is 2.57. The molecule has 0 atom stereocenters. The van der Waals surface area contributed by atoms with Crippen LogP contribution in [0.3, 0.4) is 0 Å². The van der Waals surface area contributed by atoms with E-state index in [-0.39, 0.29) is 11.9 Å². The Morgan fingerprint density at radius 3 is 2.52 bits per heavy atom. The smallest absolute Gasteiger partial charge is 0.317 e. The number of rotatable bonds is 6. The van der Waals surface area contributed by atoms with Gasteiger partial charge in [0, 0.05) is 38.3 Å². The van der Waals surface area contributed by atoms with Gasteiger partial charge in [-0.15, -0.1) is 0 Å². The predicted molar refractivity (Wildman–Crippen MR) is 88.3 cm³/mol. The number of nitrogens with one attached hydrogen (secondary N) is 2. The van der Waals surface area contributed by atoms with E-state index in [1.54, 1.807) is 4.90 Å². The lowest BCUT2D eigenvalue weighted by Gasteiger charge is -2.15. The maximum atomic E-state index is 12.1. The first-order valence-electron chi connectivity index (χ1n) is 8.35. The molecule has 0 unspecified atom stereocenters. The Morgan fingerprint density at radius 2 is 1.87 bits per heavy atom. The van der Waals surface area contributed by atoms with Gasteiger partial charge in [0.15, 0.2) is 0 Å². The van der Waals surface area contributed by atoms with Crippen molar-refractivity contribution in [1.82, 2.24) is 20.4 Å². The molecule has 2 aliphatic rings. The zero-order valence-electron chi connectivity index (χ0n) is 13.4. The molecule has 0 saturated carbocycles. The highest BCUT2D eigenvalue weighted by atomic mass is 16.2. The Balaban J connectivity index is 1.44. The van der Waals surface area contributed by atoms with Crippen LogP contribution in [0.1, 0.15) is 28.8 Å². The molecule has 6 heteroatoms. The average Bonchev–Trinajstić information content (AvgIpc) is 3.20. The van der Waals surface area contributed by atoms with Crippen molar-refractivity contribution in [1.29, 1.82) is 0 Å². The first-order valence-corrected chi connectivity index (χ1v) is 8.35. The van der Waals surface area contributed by atoms with Crippen LogP contribution in [0.4, 0.5) is 4.79 Å². The maximum absolute atomic E-state index is 12.1. The first-order chi connectivity index (χ1) is 11.2.